The number of rotatable bonds is 9. The molecule has 50 heavy (non-hydrogen) atoms. The zero-order chi connectivity index (χ0) is 35.0. The van der Waals surface area contributed by atoms with Crippen LogP contribution in [0.1, 0.15) is 48.2 Å². The Hall–Kier alpha value is -4.82. The van der Waals surface area contributed by atoms with Gasteiger partial charge in [-0.3, -0.25) is 19.4 Å². The van der Waals surface area contributed by atoms with Gasteiger partial charge in [0.05, 0.1) is 12.8 Å². The molecular formula is C36H39F3N8O3. The monoisotopic (exact) mass is 688 g/mol. The van der Waals surface area contributed by atoms with Crippen molar-refractivity contribution in [3.8, 4) is 11.4 Å². The second-order valence-corrected chi connectivity index (χ2v) is 13.4. The number of piperazine rings is 2. The van der Waals surface area contributed by atoms with Crippen LogP contribution in [-0.4, -0.2) is 104 Å². The van der Waals surface area contributed by atoms with Crippen LogP contribution in [0, 0.1) is 0 Å². The molecule has 0 radical (unpaired) electrons. The molecule has 2 saturated heterocycles. The molecule has 1 N–H and O–H groups in total. The maximum absolute atomic E-state index is 13.8. The van der Waals surface area contributed by atoms with Crippen LogP contribution >= 0.6 is 0 Å². The van der Waals surface area contributed by atoms with Gasteiger partial charge in [0, 0.05) is 69.8 Å². The number of ether oxygens (including phenoxy) is 1. The number of aromatic nitrogens is 4. The Morgan fingerprint density at radius 3 is 2.24 bits per heavy atom. The SMILES string of the molecule is COc1ccc(-n2nnnc2C(F)(F)F)cc1CN1CC(C(c2ccccc2)c2ccccc2)N2CCN(C(=O)C3(NC(C)=O)CC3)C[C@H]2C1. The van der Waals surface area contributed by atoms with Crippen molar-refractivity contribution in [3.63, 3.8) is 0 Å². The fourth-order valence-corrected chi connectivity index (χ4v) is 7.73. The zero-order valence-electron chi connectivity index (χ0n) is 27.9. The lowest BCUT2D eigenvalue weighted by atomic mass is 9.81. The van der Waals surface area contributed by atoms with E-state index in [1.807, 2.05) is 41.3 Å². The molecule has 262 valence electrons. The van der Waals surface area contributed by atoms with Gasteiger partial charge in [-0.2, -0.15) is 17.9 Å². The molecule has 3 aliphatic rings. The van der Waals surface area contributed by atoms with Crippen molar-refractivity contribution in [3.05, 3.63) is 101 Å². The van der Waals surface area contributed by atoms with E-state index in [0.29, 0.717) is 68.1 Å². The molecule has 3 fully saturated rings. The summed E-state index contributed by atoms with van der Waals surface area (Å²) in [5.41, 5.74) is 2.37. The number of alkyl halides is 3. The highest BCUT2D eigenvalue weighted by Gasteiger charge is 2.54. The van der Waals surface area contributed by atoms with Crippen LogP contribution in [0.3, 0.4) is 0 Å². The second kappa shape index (κ2) is 13.5. The summed E-state index contributed by atoms with van der Waals surface area (Å²) in [6.45, 7) is 4.78. The minimum absolute atomic E-state index is 0.00269. The number of fused-ring (bicyclic) bond motifs is 1. The summed E-state index contributed by atoms with van der Waals surface area (Å²) in [6.07, 6.45) is -3.48. The number of hydrogen-bond donors (Lipinski definition) is 1. The molecule has 3 heterocycles. The minimum atomic E-state index is -4.74. The zero-order valence-corrected chi connectivity index (χ0v) is 27.9. The third-order valence-corrected chi connectivity index (χ3v) is 10.1. The minimum Gasteiger partial charge on any atom is -0.496 e. The summed E-state index contributed by atoms with van der Waals surface area (Å²) in [7, 11) is 1.53. The maximum atomic E-state index is 13.8. The average Bonchev–Trinajstić information content (AvgIpc) is 3.69. The predicted molar refractivity (Wildman–Crippen MR) is 177 cm³/mol. The van der Waals surface area contributed by atoms with Gasteiger partial charge in [-0.15, -0.1) is 5.10 Å². The summed E-state index contributed by atoms with van der Waals surface area (Å²) < 4.78 is 47.5. The number of carbonyl (C=O) groups excluding carboxylic acids is 2. The van der Waals surface area contributed by atoms with Crippen molar-refractivity contribution in [1.82, 2.24) is 40.2 Å². The Balaban J connectivity index is 1.24. The standard InChI is InChI=1S/C36H39F3N8O3/c1-24(48)40-35(15-16-35)34(49)45-17-18-46-29(22-45)21-44(23-30(46)32(25-9-5-3-6-10-25)26-11-7-4-8-12-26)20-27-19-28(13-14-31(27)50-2)47-33(36(37,38)39)41-42-43-47/h3-14,19,29-30,32H,15-18,20-23H2,1-2H3,(H,40,48)/t29-,30?/m1/s1. The van der Waals surface area contributed by atoms with Crippen molar-refractivity contribution in [2.24, 2.45) is 0 Å². The average molecular weight is 689 g/mol. The Kier molecular flexibility index (Phi) is 9.07. The second-order valence-electron chi connectivity index (χ2n) is 13.4. The summed E-state index contributed by atoms with van der Waals surface area (Å²) >= 11 is 0. The van der Waals surface area contributed by atoms with Gasteiger partial charge in [-0.05, 0) is 52.6 Å². The van der Waals surface area contributed by atoms with Crippen LogP contribution in [0.15, 0.2) is 78.9 Å². The third-order valence-electron chi connectivity index (χ3n) is 10.1. The molecule has 1 aromatic heterocycles. The molecule has 2 amide bonds. The van der Waals surface area contributed by atoms with Crippen LogP contribution < -0.4 is 10.1 Å². The molecule has 2 atom stereocenters. The molecule has 7 rings (SSSR count). The topological polar surface area (TPSA) is 109 Å². The van der Waals surface area contributed by atoms with E-state index in [2.05, 4.69) is 54.9 Å². The first kappa shape index (κ1) is 33.7. The molecule has 11 nitrogen and oxygen atoms in total. The van der Waals surface area contributed by atoms with Crippen LogP contribution in [0.2, 0.25) is 0 Å². The van der Waals surface area contributed by atoms with E-state index < -0.39 is 17.5 Å². The van der Waals surface area contributed by atoms with Crippen molar-refractivity contribution >= 4 is 11.8 Å². The number of amides is 2. The van der Waals surface area contributed by atoms with Crippen LogP contribution in [0.5, 0.6) is 5.75 Å². The van der Waals surface area contributed by atoms with E-state index in [1.165, 1.54) is 31.2 Å². The van der Waals surface area contributed by atoms with Crippen LogP contribution in [-0.2, 0) is 22.3 Å². The van der Waals surface area contributed by atoms with Crippen molar-refractivity contribution < 1.29 is 27.5 Å². The highest BCUT2D eigenvalue weighted by atomic mass is 19.4. The molecule has 0 spiro atoms. The fourth-order valence-electron chi connectivity index (χ4n) is 7.73. The van der Waals surface area contributed by atoms with Gasteiger partial charge in [-0.1, -0.05) is 60.7 Å². The van der Waals surface area contributed by atoms with Gasteiger partial charge < -0.3 is 15.0 Å². The quantitative estimate of drug-likeness (QED) is 0.283. The maximum Gasteiger partial charge on any atom is 0.453 e. The van der Waals surface area contributed by atoms with Crippen molar-refractivity contribution in [1.29, 1.82) is 0 Å². The number of tetrazole rings is 1. The number of carbonyl (C=O) groups is 2. The largest absolute Gasteiger partial charge is 0.496 e. The van der Waals surface area contributed by atoms with E-state index in [4.69, 9.17) is 4.74 Å². The van der Waals surface area contributed by atoms with E-state index in [0.717, 1.165) is 0 Å². The van der Waals surface area contributed by atoms with E-state index in [1.54, 1.807) is 12.1 Å². The predicted octanol–water partition coefficient (Wildman–Crippen LogP) is 3.89. The Labute approximate surface area is 288 Å². The van der Waals surface area contributed by atoms with Gasteiger partial charge in [0.2, 0.25) is 11.8 Å². The Morgan fingerprint density at radius 2 is 1.64 bits per heavy atom. The molecule has 2 aliphatic heterocycles. The number of nitrogens with one attached hydrogen (secondary N) is 1. The summed E-state index contributed by atoms with van der Waals surface area (Å²) in [4.78, 5) is 32.5. The van der Waals surface area contributed by atoms with Crippen LogP contribution in [0.25, 0.3) is 5.69 Å². The molecule has 4 aromatic rings. The first-order chi connectivity index (χ1) is 24.1. The molecule has 1 unspecified atom stereocenters. The fraction of sp³-hybridized carbons (Fsp3) is 0.417. The summed E-state index contributed by atoms with van der Waals surface area (Å²) in [6, 6.07) is 25.5. The van der Waals surface area contributed by atoms with Crippen molar-refractivity contribution in [2.75, 3.05) is 39.8 Å². The molecule has 1 aliphatic carbocycles. The molecule has 3 aromatic carbocycles. The molecule has 14 heteroatoms. The molecule has 1 saturated carbocycles. The third kappa shape index (κ3) is 6.69. The van der Waals surface area contributed by atoms with E-state index >= 15 is 0 Å². The highest BCUT2D eigenvalue weighted by Crippen LogP contribution is 2.40. The van der Waals surface area contributed by atoms with Gasteiger partial charge in [-0.25, -0.2) is 0 Å². The number of hydrogen-bond acceptors (Lipinski definition) is 8. The number of nitrogens with zero attached hydrogens (tertiary/aromatic N) is 7. The van der Waals surface area contributed by atoms with Gasteiger partial charge in [0.1, 0.15) is 11.3 Å². The number of benzene rings is 3. The number of methoxy groups -OCH3 is 1. The van der Waals surface area contributed by atoms with Crippen molar-refractivity contribution in [2.45, 2.75) is 56.0 Å². The first-order valence-corrected chi connectivity index (χ1v) is 16.8. The smallest absolute Gasteiger partial charge is 0.453 e. The van der Waals surface area contributed by atoms with Gasteiger partial charge >= 0.3 is 6.18 Å². The first-order valence-electron chi connectivity index (χ1n) is 16.8. The van der Waals surface area contributed by atoms with Gasteiger partial charge in [0.25, 0.3) is 5.82 Å². The summed E-state index contributed by atoms with van der Waals surface area (Å²) in [5, 5.41) is 13.0. The van der Waals surface area contributed by atoms with E-state index in [-0.39, 0.29) is 35.5 Å². The molecule has 0 bridgehead atoms. The lowest BCUT2D eigenvalue weighted by Crippen LogP contribution is -2.68. The van der Waals surface area contributed by atoms with Gasteiger partial charge in [0.15, 0.2) is 0 Å². The lowest BCUT2D eigenvalue weighted by Gasteiger charge is -2.54. The molecular weight excluding hydrogens is 649 g/mol. The van der Waals surface area contributed by atoms with E-state index in [9.17, 15) is 22.8 Å². The van der Waals surface area contributed by atoms with Crippen LogP contribution in [0.4, 0.5) is 13.2 Å². The Bertz CT molecular complexity index is 1790. The lowest BCUT2D eigenvalue weighted by molar-refractivity contribution is -0.146. The Morgan fingerprint density at radius 1 is 0.960 bits per heavy atom. The highest BCUT2D eigenvalue weighted by molar-refractivity contribution is 5.93. The number of halogens is 3. The summed E-state index contributed by atoms with van der Waals surface area (Å²) in [5.74, 6) is -0.936. The normalized spacial score (nSPS) is 20.7.